The molecule has 1 N–H and O–H groups in total. The highest BCUT2D eigenvalue weighted by molar-refractivity contribution is 5.99. The first-order valence-corrected chi connectivity index (χ1v) is 7.68. The lowest BCUT2D eigenvalue weighted by Crippen LogP contribution is -2.35. The molecule has 0 heterocycles. The highest BCUT2D eigenvalue weighted by Gasteiger charge is 2.14. The molecule has 4 nitrogen and oxygen atoms in total. The van der Waals surface area contributed by atoms with E-state index in [-0.39, 0.29) is 11.8 Å². The van der Waals surface area contributed by atoms with Crippen molar-refractivity contribution in [2.75, 3.05) is 26.9 Å². The second-order valence-corrected chi connectivity index (χ2v) is 5.09. The second kappa shape index (κ2) is 10.4. The number of carbonyl (C=O) groups is 1. The molecule has 0 bridgehead atoms. The standard InChI is InChI=1S/C17H27NO3/c1-4-5-12-21-13-6-11-18-14(2)17(19)15-7-9-16(20-3)10-8-15/h7-10,14,18H,4-6,11-13H2,1-3H3. The van der Waals surface area contributed by atoms with Gasteiger partial charge in [0.25, 0.3) is 0 Å². The van der Waals surface area contributed by atoms with Gasteiger partial charge in [0.1, 0.15) is 5.75 Å². The number of rotatable bonds is 11. The van der Waals surface area contributed by atoms with Crippen LogP contribution in [0.3, 0.4) is 0 Å². The van der Waals surface area contributed by atoms with Gasteiger partial charge < -0.3 is 14.8 Å². The van der Waals surface area contributed by atoms with E-state index < -0.39 is 0 Å². The van der Waals surface area contributed by atoms with E-state index in [9.17, 15) is 4.79 Å². The predicted octanol–water partition coefficient (Wildman–Crippen LogP) is 3.06. The first-order chi connectivity index (χ1) is 10.2. The normalized spacial score (nSPS) is 12.1. The van der Waals surface area contributed by atoms with Crippen LogP contribution in [0.4, 0.5) is 0 Å². The van der Waals surface area contributed by atoms with Gasteiger partial charge in [-0.1, -0.05) is 13.3 Å². The summed E-state index contributed by atoms with van der Waals surface area (Å²) < 4.78 is 10.6. The lowest BCUT2D eigenvalue weighted by Gasteiger charge is -2.13. The molecule has 0 aliphatic heterocycles. The summed E-state index contributed by atoms with van der Waals surface area (Å²) in [5.74, 6) is 0.862. The topological polar surface area (TPSA) is 47.6 Å². The van der Waals surface area contributed by atoms with Crippen LogP contribution in [0.5, 0.6) is 5.75 Å². The van der Waals surface area contributed by atoms with E-state index >= 15 is 0 Å². The average molecular weight is 293 g/mol. The fourth-order valence-electron chi connectivity index (χ4n) is 1.94. The predicted molar refractivity (Wildman–Crippen MR) is 85.1 cm³/mol. The third-order valence-corrected chi connectivity index (χ3v) is 3.33. The van der Waals surface area contributed by atoms with Crippen molar-refractivity contribution in [1.29, 1.82) is 0 Å². The number of ketones is 1. The van der Waals surface area contributed by atoms with E-state index in [1.54, 1.807) is 19.2 Å². The van der Waals surface area contributed by atoms with E-state index in [2.05, 4.69) is 12.2 Å². The molecule has 0 amide bonds. The Balaban J connectivity index is 2.24. The summed E-state index contributed by atoms with van der Waals surface area (Å²) in [7, 11) is 1.61. The number of methoxy groups -OCH3 is 1. The van der Waals surface area contributed by atoms with Gasteiger partial charge in [-0.25, -0.2) is 0 Å². The Bertz CT molecular complexity index is 403. The highest BCUT2D eigenvalue weighted by atomic mass is 16.5. The Labute approximate surface area is 127 Å². The lowest BCUT2D eigenvalue weighted by molar-refractivity contribution is 0.0944. The van der Waals surface area contributed by atoms with Crippen LogP contribution in [0.2, 0.25) is 0 Å². The van der Waals surface area contributed by atoms with Crippen LogP contribution < -0.4 is 10.1 Å². The van der Waals surface area contributed by atoms with E-state index in [0.717, 1.165) is 44.8 Å². The smallest absolute Gasteiger partial charge is 0.179 e. The van der Waals surface area contributed by atoms with Crippen LogP contribution in [0, 0.1) is 0 Å². The third-order valence-electron chi connectivity index (χ3n) is 3.33. The summed E-state index contributed by atoms with van der Waals surface area (Å²) in [5.41, 5.74) is 0.704. The Hall–Kier alpha value is -1.39. The summed E-state index contributed by atoms with van der Waals surface area (Å²) in [5, 5.41) is 3.24. The lowest BCUT2D eigenvalue weighted by atomic mass is 10.1. The molecule has 1 aromatic rings. The van der Waals surface area contributed by atoms with Crippen molar-refractivity contribution in [3.05, 3.63) is 29.8 Å². The molecule has 1 atom stereocenters. The summed E-state index contributed by atoms with van der Waals surface area (Å²) in [6.45, 7) is 6.41. The molecule has 0 radical (unpaired) electrons. The molecule has 0 aliphatic carbocycles. The van der Waals surface area contributed by atoms with E-state index in [1.165, 1.54) is 0 Å². The zero-order valence-corrected chi connectivity index (χ0v) is 13.4. The van der Waals surface area contributed by atoms with Crippen molar-refractivity contribution in [1.82, 2.24) is 5.32 Å². The van der Waals surface area contributed by atoms with Crippen molar-refractivity contribution >= 4 is 5.78 Å². The Morgan fingerprint density at radius 2 is 1.86 bits per heavy atom. The minimum atomic E-state index is -0.186. The number of unbranched alkanes of at least 4 members (excludes halogenated alkanes) is 1. The molecular formula is C17H27NO3. The maximum absolute atomic E-state index is 12.2. The monoisotopic (exact) mass is 293 g/mol. The quantitative estimate of drug-likeness (QED) is 0.503. The number of ether oxygens (including phenoxy) is 2. The van der Waals surface area contributed by atoms with Crippen LogP contribution in [-0.2, 0) is 4.74 Å². The van der Waals surface area contributed by atoms with Gasteiger partial charge in [0.05, 0.1) is 13.2 Å². The van der Waals surface area contributed by atoms with Gasteiger partial charge in [0.2, 0.25) is 0 Å². The Morgan fingerprint density at radius 1 is 1.19 bits per heavy atom. The van der Waals surface area contributed by atoms with Gasteiger partial charge in [-0.2, -0.15) is 0 Å². The summed E-state index contributed by atoms with van der Waals surface area (Å²) in [6, 6.07) is 7.03. The van der Waals surface area contributed by atoms with Crippen molar-refractivity contribution in [2.24, 2.45) is 0 Å². The van der Waals surface area contributed by atoms with Gasteiger partial charge in [0.15, 0.2) is 5.78 Å². The number of Topliss-reactive ketones (excluding diaryl/α,β-unsaturated/α-hetero) is 1. The van der Waals surface area contributed by atoms with Gasteiger partial charge in [-0.15, -0.1) is 0 Å². The first kappa shape index (κ1) is 17.7. The fourth-order valence-corrected chi connectivity index (χ4v) is 1.94. The van der Waals surface area contributed by atoms with E-state index in [0.29, 0.717) is 5.56 Å². The number of hydrogen-bond donors (Lipinski definition) is 1. The largest absolute Gasteiger partial charge is 0.497 e. The molecule has 1 rings (SSSR count). The van der Waals surface area contributed by atoms with Crippen LogP contribution in [0.15, 0.2) is 24.3 Å². The SMILES string of the molecule is CCCCOCCCNC(C)C(=O)c1ccc(OC)cc1. The highest BCUT2D eigenvalue weighted by Crippen LogP contribution is 2.12. The van der Waals surface area contributed by atoms with Crippen molar-refractivity contribution < 1.29 is 14.3 Å². The molecule has 0 spiro atoms. The Kier molecular flexibility index (Phi) is 8.71. The summed E-state index contributed by atoms with van der Waals surface area (Å²) >= 11 is 0. The zero-order chi connectivity index (χ0) is 15.5. The molecule has 4 heteroatoms. The number of hydrogen-bond acceptors (Lipinski definition) is 4. The molecule has 0 aliphatic rings. The van der Waals surface area contributed by atoms with Gasteiger partial charge >= 0.3 is 0 Å². The van der Waals surface area contributed by atoms with Gasteiger partial charge in [-0.3, -0.25) is 4.79 Å². The molecule has 118 valence electrons. The van der Waals surface area contributed by atoms with Crippen molar-refractivity contribution in [2.45, 2.75) is 39.2 Å². The van der Waals surface area contributed by atoms with Crippen molar-refractivity contribution in [3.63, 3.8) is 0 Å². The van der Waals surface area contributed by atoms with E-state index in [1.807, 2.05) is 19.1 Å². The maximum Gasteiger partial charge on any atom is 0.179 e. The average Bonchev–Trinajstić information content (AvgIpc) is 2.53. The van der Waals surface area contributed by atoms with Crippen LogP contribution in [0.1, 0.15) is 43.5 Å². The molecule has 0 fully saturated rings. The molecule has 0 saturated heterocycles. The van der Waals surface area contributed by atoms with Crippen LogP contribution >= 0.6 is 0 Å². The van der Waals surface area contributed by atoms with Crippen LogP contribution in [0.25, 0.3) is 0 Å². The zero-order valence-electron chi connectivity index (χ0n) is 13.4. The minimum absolute atomic E-state index is 0.101. The molecule has 0 saturated carbocycles. The molecule has 1 aromatic carbocycles. The summed E-state index contributed by atoms with van der Waals surface area (Å²) in [6.07, 6.45) is 3.19. The van der Waals surface area contributed by atoms with Gasteiger partial charge in [0, 0.05) is 18.8 Å². The molecule has 21 heavy (non-hydrogen) atoms. The number of benzene rings is 1. The Morgan fingerprint density at radius 3 is 2.48 bits per heavy atom. The third kappa shape index (κ3) is 6.74. The second-order valence-electron chi connectivity index (χ2n) is 5.09. The van der Waals surface area contributed by atoms with Crippen LogP contribution in [-0.4, -0.2) is 38.7 Å². The summed E-state index contributed by atoms with van der Waals surface area (Å²) in [4.78, 5) is 12.2. The molecular weight excluding hydrogens is 266 g/mol. The van der Waals surface area contributed by atoms with Crippen molar-refractivity contribution in [3.8, 4) is 5.75 Å². The first-order valence-electron chi connectivity index (χ1n) is 7.68. The minimum Gasteiger partial charge on any atom is -0.497 e. The molecule has 0 aromatic heterocycles. The maximum atomic E-state index is 12.2. The molecule has 1 unspecified atom stereocenters. The number of nitrogens with one attached hydrogen (secondary N) is 1. The number of carbonyl (C=O) groups excluding carboxylic acids is 1. The van der Waals surface area contributed by atoms with Gasteiger partial charge in [-0.05, 0) is 50.6 Å². The fraction of sp³-hybridized carbons (Fsp3) is 0.588. The van der Waals surface area contributed by atoms with E-state index in [4.69, 9.17) is 9.47 Å².